The highest BCUT2D eigenvalue weighted by Gasteiger charge is 2.27. The van der Waals surface area contributed by atoms with Crippen molar-refractivity contribution in [1.82, 2.24) is 14.7 Å². The van der Waals surface area contributed by atoms with Crippen molar-refractivity contribution in [1.29, 1.82) is 0 Å². The molecule has 5 heteroatoms. The SMILES string of the molecule is CCOCCN1CCN(CC(=O)N2CCc3ccccc3C2)C[C@@H]1C. The largest absolute Gasteiger partial charge is 0.380 e. The average Bonchev–Trinajstić information content (AvgIpc) is 2.63. The smallest absolute Gasteiger partial charge is 0.237 e. The van der Waals surface area contributed by atoms with Gasteiger partial charge < -0.3 is 9.64 Å². The van der Waals surface area contributed by atoms with Gasteiger partial charge in [-0.05, 0) is 31.4 Å². The first-order chi connectivity index (χ1) is 12.2. The summed E-state index contributed by atoms with van der Waals surface area (Å²) in [7, 11) is 0. The maximum absolute atomic E-state index is 12.7. The summed E-state index contributed by atoms with van der Waals surface area (Å²) < 4.78 is 5.47. The van der Waals surface area contributed by atoms with Crippen LogP contribution in [0.25, 0.3) is 0 Å². The number of carbonyl (C=O) groups is 1. The Morgan fingerprint density at radius 3 is 2.76 bits per heavy atom. The number of hydrogen-bond donors (Lipinski definition) is 0. The van der Waals surface area contributed by atoms with Crippen LogP contribution in [0.15, 0.2) is 24.3 Å². The summed E-state index contributed by atoms with van der Waals surface area (Å²) in [5.74, 6) is 0.268. The number of fused-ring (bicyclic) bond motifs is 1. The number of benzene rings is 1. The summed E-state index contributed by atoms with van der Waals surface area (Å²) in [5.41, 5.74) is 2.69. The summed E-state index contributed by atoms with van der Waals surface area (Å²) >= 11 is 0. The Kier molecular flexibility index (Phi) is 6.45. The third-order valence-corrected chi connectivity index (χ3v) is 5.42. The molecule has 5 nitrogen and oxygen atoms in total. The molecule has 0 aliphatic carbocycles. The van der Waals surface area contributed by atoms with Crippen LogP contribution in [-0.2, 0) is 22.5 Å². The van der Waals surface area contributed by atoms with E-state index in [1.807, 2.05) is 11.8 Å². The molecule has 0 N–H and O–H groups in total. The van der Waals surface area contributed by atoms with Gasteiger partial charge in [0.2, 0.25) is 5.91 Å². The molecule has 1 fully saturated rings. The molecule has 1 aromatic carbocycles. The topological polar surface area (TPSA) is 36.0 Å². The molecular formula is C20H31N3O2. The maximum Gasteiger partial charge on any atom is 0.237 e. The van der Waals surface area contributed by atoms with Gasteiger partial charge in [0.15, 0.2) is 0 Å². The van der Waals surface area contributed by atoms with Crippen LogP contribution in [0.2, 0.25) is 0 Å². The van der Waals surface area contributed by atoms with E-state index in [1.165, 1.54) is 11.1 Å². The molecule has 138 valence electrons. The zero-order chi connectivity index (χ0) is 17.6. The van der Waals surface area contributed by atoms with Crippen molar-refractivity contribution in [2.75, 3.05) is 52.5 Å². The van der Waals surface area contributed by atoms with Gasteiger partial charge in [0.05, 0.1) is 13.2 Å². The Morgan fingerprint density at radius 2 is 2.00 bits per heavy atom. The van der Waals surface area contributed by atoms with Crippen molar-refractivity contribution >= 4 is 5.91 Å². The Hall–Kier alpha value is -1.43. The molecule has 0 spiro atoms. The van der Waals surface area contributed by atoms with Crippen molar-refractivity contribution in [2.24, 2.45) is 0 Å². The van der Waals surface area contributed by atoms with Crippen LogP contribution >= 0.6 is 0 Å². The van der Waals surface area contributed by atoms with Crippen molar-refractivity contribution < 1.29 is 9.53 Å². The van der Waals surface area contributed by atoms with Gasteiger partial charge in [0.25, 0.3) is 0 Å². The van der Waals surface area contributed by atoms with Gasteiger partial charge in [-0.2, -0.15) is 0 Å². The van der Waals surface area contributed by atoms with E-state index in [0.717, 1.165) is 58.9 Å². The molecule has 25 heavy (non-hydrogen) atoms. The van der Waals surface area contributed by atoms with Gasteiger partial charge in [-0.1, -0.05) is 24.3 Å². The number of piperazine rings is 1. The van der Waals surface area contributed by atoms with Crippen LogP contribution in [0, 0.1) is 0 Å². The highest BCUT2D eigenvalue weighted by molar-refractivity contribution is 5.78. The van der Waals surface area contributed by atoms with E-state index in [-0.39, 0.29) is 5.91 Å². The van der Waals surface area contributed by atoms with Gasteiger partial charge in [0, 0.05) is 51.9 Å². The molecule has 2 aliphatic heterocycles. The second-order valence-electron chi connectivity index (χ2n) is 7.15. The number of carbonyl (C=O) groups excluding carboxylic acids is 1. The highest BCUT2D eigenvalue weighted by Crippen LogP contribution is 2.19. The molecule has 2 aliphatic rings. The third-order valence-electron chi connectivity index (χ3n) is 5.42. The Bertz CT molecular complexity index is 578. The first-order valence-electron chi connectivity index (χ1n) is 9.56. The molecule has 1 saturated heterocycles. The van der Waals surface area contributed by atoms with Crippen LogP contribution in [0.1, 0.15) is 25.0 Å². The van der Waals surface area contributed by atoms with Gasteiger partial charge >= 0.3 is 0 Å². The highest BCUT2D eigenvalue weighted by atomic mass is 16.5. The molecular weight excluding hydrogens is 314 g/mol. The second-order valence-corrected chi connectivity index (χ2v) is 7.15. The molecule has 0 bridgehead atoms. The van der Waals surface area contributed by atoms with Crippen molar-refractivity contribution in [3.8, 4) is 0 Å². The van der Waals surface area contributed by atoms with Crippen molar-refractivity contribution in [2.45, 2.75) is 32.9 Å². The van der Waals surface area contributed by atoms with E-state index < -0.39 is 0 Å². The molecule has 0 unspecified atom stereocenters. The number of rotatable bonds is 6. The van der Waals surface area contributed by atoms with Gasteiger partial charge in [-0.25, -0.2) is 0 Å². The average molecular weight is 345 g/mol. The minimum atomic E-state index is 0.268. The Morgan fingerprint density at radius 1 is 1.20 bits per heavy atom. The molecule has 0 saturated carbocycles. The van der Waals surface area contributed by atoms with Crippen molar-refractivity contribution in [3.05, 3.63) is 35.4 Å². The molecule has 0 aromatic heterocycles. The van der Waals surface area contributed by atoms with Gasteiger partial charge in [0.1, 0.15) is 0 Å². The summed E-state index contributed by atoms with van der Waals surface area (Å²) in [4.78, 5) is 19.5. The first kappa shape index (κ1) is 18.4. The fraction of sp³-hybridized carbons (Fsp3) is 0.650. The van der Waals surface area contributed by atoms with E-state index in [4.69, 9.17) is 4.74 Å². The lowest BCUT2D eigenvalue weighted by Gasteiger charge is -2.40. The summed E-state index contributed by atoms with van der Waals surface area (Å²) in [6.07, 6.45) is 0.976. The zero-order valence-corrected chi connectivity index (χ0v) is 15.6. The lowest BCUT2D eigenvalue weighted by Crippen LogP contribution is -2.55. The van der Waals surface area contributed by atoms with Crippen LogP contribution in [0.4, 0.5) is 0 Å². The first-order valence-corrected chi connectivity index (χ1v) is 9.56. The normalized spacial score (nSPS) is 22.0. The zero-order valence-electron chi connectivity index (χ0n) is 15.6. The fourth-order valence-electron chi connectivity index (χ4n) is 3.87. The maximum atomic E-state index is 12.7. The molecule has 0 radical (unpaired) electrons. The van der Waals surface area contributed by atoms with Gasteiger partial charge in [-0.15, -0.1) is 0 Å². The van der Waals surface area contributed by atoms with Gasteiger partial charge in [-0.3, -0.25) is 14.6 Å². The standard InChI is InChI=1S/C20H31N3O2/c1-3-25-13-12-22-11-10-21(14-17(22)2)16-20(24)23-9-8-18-6-4-5-7-19(18)15-23/h4-7,17H,3,8-16H2,1-2H3/t17-/m0/s1. The molecule has 1 aromatic rings. The van der Waals surface area contributed by atoms with Crippen LogP contribution in [-0.4, -0.2) is 79.1 Å². The molecule has 1 atom stereocenters. The lowest BCUT2D eigenvalue weighted by atomic mass is 10.00. The number of ether oxygens (including phenoxy) is 1. The number of hydrogen-bond acceptors (Lipinski definition) is 4. The van der Waals surface area contributed by atoms with Crippen LogP contribution < -0.4 is 0 Å². The van der Waals surface area contributed by atoms with Crippen LogP contribution in [0.3, 0.4) is 0 Å². The monoisotopic (exact) mass is 345 g/mol. The van der Waals surface area contributed by atoms with E-state index in [1.54, 1.807) is 0 Å². The fourth-order valence-corrected chi connectivity index (χ4v) is 3.87. The van der Waals surface area contributed by atoms with E-state index in [0.29, 0.717) is 12.6 Å². The lowest BCUT2D eigenvalue weighted by molar-refractivity contribution is -0.134. The molecule has 3 rings (SSSR count). The minimum Gasteiger partial charge on any atom is -0.380 e. The molecule has 1 amide bonds. The third kappa shape index (κ3) is 4.81. The van der Waals surface area contributed by atoms with Crippen LogP contribution in [0.5, 0.6) is 0 Å². The summed E-state index contributed by atoms with van der Waals surface area (Å²) in [6.45, 7) is 11.9. The molecule has 2 heterocycles. The summed E-state index contributed by atoms with van der Waals surface area (Å²) in [6, 6.07) is 8.96. The predicted octanol–water partition coefficient (Wildman–Crippen LogP) is 1.61. The number of amides is 1. The van der Waals surface area contributed by atoms with E-state index in [9.17, 15) is 4.79 Å². The summed E-state index contributed by atoms with van der Waals surface area (Å²) in [5, 5.41) is 0. The second kappa shape index (κ2) is 8.79. The quantitative estimate of drug-likeness (QED) is 0.734. The van der Waals surface area contributed by atoms with E-state index in [2.05, 4.69) is 41.0 Å². The Labute approximate surface area is 151 Å². The number of nitrogens with zero attached hydrogens (tertiary/aromatic N) is 3. The Balaban J connectivity index is 1.46. The predicted molar refractivity (Wildman–Crippen MR) is 99.5 cm³/mol. The van der Waals surface area contributed by atoms with E-state index >= 15 is 0 Å². The minimum absolute atomic E-state index is 0.268. The van der Waals surface area contributed by atoms with Crippen molar-refractivity contribution in [3.63, 3.8) is 0 Å².